The van der Waals surface area contributed by atoms with Crippen molar-refractivity contribution in [2.75, 3.05) is 13.2 Å². The molecule has 1 aliphatic heterocycles. The molecule has 1 unspecified atom stereocenters. The van der Waals surface area contributed by atoms with Crippen LogP contribution in [0.15, 0.2) is 23.0 Å². The van der Waals surface area contributed by atoms with Crippen molar-refractivity contribution in [3.63, 3.8) is 0 Å². The van der Waals surface area contributed by atoms with E-state index in [4.69, 9.17) is 4.74 Å². The number of ether oxygens (including phenoxy) is 1. The largest absolute Gasteiger partial charge is 0.376 e. The number of aromatic amines is 2. The molecule has 1 aromatic carbocycles. The lowest BCUT2D eigenvalue weighted by molar-refractivity contribution is 0.0859. The Morgan fingerprint density at radius 1 is 1.42 bits per heavy atom. The van der Waals surface area contributed by atoms with Gasteiger partial charge in [0.05, 0.1) is 22.7 Å². The number of carbonyl (C=O) groups excluding carboxylic acids is 1. The van der Waals surface area contributed by atoms with Gasteiger partial charge in [-0.15, -0.1) is 0 Å². The zero-order valence-electron chi connectivity index (χ0n) is 10.4. The van der Waals surface area contributed by atoms with Gasteiger partial charge < -0.3 is 20.0 Å². The zero-order chi connectivity index (χ0) is 13.2. The van der Waals surface area contributed by atoms with Crippen LogP contribution in [0.2, 0.25) is 0 Å². The molecule has 1 aliphatic rings. The molecule has 1 atom stereocenters. The van der Waals surface area contributed by atoms with E-state index in [2.05, 4.69) is 15.3 Å². The summed E-state index contributed by atoms with van der Waals surface area (Å²) in [7, 11) is 0. The van der Waals surface area contributed by atoms with Gasteiger partial charge in [-0.2, -0.15) is 0 Å². The van der Waals surface area contributed by atoms with Crippen LogP contribution in [0.3, 0.4) is 0 Å². The highest BCUT2D eigenvalue weighted by Gasteiger charge is 2.18. The number of H-pyrrole nitrogens is 2. The first-order valence-electron chi connectivity index (χ1n) is 6.35. The van der Waals surface area contributed by atoms with E-state index in [0.717, 1.165) is 19.4 Å². The lowest BCUT2D eigenvalue weighted by Crippen LogP contribution is -2.31. The van der Waals surface area contributed by atoms with Crippen molar-refractivity contribution in [2.24, 2.45) is 0 Å². The minimum Gasteiger partial charge on any atom is -0.376 e. The lowest BCUT2D eigenvalue weighted by Gasteiger charge is -2.11. The molecule has 0 aliphatic carbocycles. The average molecular weight is 261 g/mol. The third kappa shape index (κ3) is 2.39. The fourth-order valence-electron chi connectivity index (χ4n) is 2.35. The number of amides is 1. The second-order valence-electron chi connectivity index (χ2n) is 4.65. The van der Waals surface area contributed by atoms with Gasteiger partial charge in [-0.05, 0) is 25.0 Å². The van der Waals surface area contributed by atoms with Crippen LogP contribution in [0.1, 0.15) is 23.2 Å². The highest BCUT2D eigenvalue weighted by atomic mass is 16.5. The summed E-state index contributed by atoms with van der Waals surface area (Å²) >= 11 is 0. The Labute approximate surface area is 109 Å². The Morgan fingerprint density at radius 3 is 3.11 bits per heavy atom. The van der Waals surface area contributed by atoms with Crippen molar-refractivity contribution in [3.8, 4) is 0 Å². The number of benzene rings is 1. The highest BCUT2D eigenvalue weighted by Crippen LogP contribution is 2.14. The van der Waals surface area contributed by atoms with Crippen molar-refractivity contribution in [3.05, 3.63) is 34.2 Å². The van der Waals surface area contributed by atoms with E-state index in [-0.39, 0.29) is 17.7 Å². The molecular formula is C13H15N3O3. The smallest absolute Gasteiger partial charge is 0.323 e. The van der Waals surface area contributed by atoms with Gasteiger partial charge in [0.2, 0.25) is 0 Å². The van der Waals surface area contributed by atoms with Crippen LogP contribution in [0.4, 0.5) is 0 Å². The summed E-state index contributed by atoms with van der Waals surface area (Å²) in [6.45, 7) is 1.27. The number of rotatable bonds is 3. The van der Waals surface area contributed by atoms with Crippen molar-refractivity contribution in [1.82, 2.24) is 15.3 Å². The van der Waals surface area contributed by atoms with Gasteiger partial charge in [0.15, 0.2) is 0 Å². The van der Waals surface area contributed by atoms with Crippen LogP contribution in [0.5, 0.6) is 0 Å². The van der Waals surface area contributed by atoms with Crippen molar-refractivity contribution < 1.29 is 9.53 Å². The molecule has 0 spiro atoms. The summed E-state index contributed by atoms with van der Waals surface area (Å²) in [4.78, 5) is 28.7. The number of hydrogen-bond acceptors (Lipinski definition) is 3. The molecule has 0 radical (unpaired) electrons. The molecule has 0 saturated carbocycles. The van der Waals surface area contributed by atoms with Gasteiger partial charge in [-0.1, -0.05) is 6.07 Å². The first-order valence-corrected chi connectivity index (χ1v) is 6.35. The van der Waals surface area contributed by atoms with Gasteiger partial charge >= 0.3 is 5.69 Å². The summed E-state index contributed by atoms with van der Waals surface area (Å²) in [6.07, 6.45) is 2.13. The number of hydrogen-bond donors (Lipinski definition) is 3. The molecule has 6 heteroatoms. The minimum absolute atomic E-state index is 0.105. The van der Waals surface area contributed by atoms with E-state index in [0.29, 0.717) is 23.1 Å². The maximum absolute atomic E-state index is 12.1. The Kier molecular flexibility index (Phi) is 3.08. The fourth-order valence-corrected chi connectivity index (χ4v) is 2.35. The molecule has 100 valence electrons. The molecule has 1 fully saturated rings. The molecule has 3 N–H and O–H groups in total. The number of aromatic nitrogens is 2. The van der Waals surface area contributed by atoms with Gasteiger partial charge in [0.1, 0.15) is 0 Å². The summed E-state index contributed by atoms with van der Waals surface area (Å²) in [5, 5.41) is 2.84. The van der Waals surface area contributed by atoms with E-state index >= 15 is 0 Å². The minimum atomic E-state index is -0.311. The van der Waals surface area contributed by atoms with Crippen LogP contribution in [0, 0.1) is 0 Å². The van der Waals surface area contributed by atoms with E-state index in [1.807, 2.05) is 0 Å². The predicted molar refractivity (Wildman–Crippen MR) is 70.2 cm³/mol. The maximum Gasteiger partial charge on any atom is 0.323 e. The van der Waals surface area contributed by atoms with E-state index in [1.54, 1.807) is 18.2 Å². The number of fused-ring (bicyclic) bond motifs is 1. The maximum atomic E-state index is 12.1. The molecule has 6 nitrogen and oxygen atoms in total. The lowest BCUT2D eigenvalue weighted by atomic mass is 10.1. The second kappa shape index (κ2) is 4.89. The third-order valence-corrected chi connectivity index (χ3v) is 3.31. The van der Waals surface area contributed by atoms with Crippen molar-refractivity contribution in [2.45, 2.75) is 18.9 Å². The van der Waals surface area contributed by atoms with Crippen LogP contribution in [-0.4, -0.2) is 35.1 Å². The topological polar surface area (TPSA) is 87.0 Å². The molecule has 19 heavy (non-hydrogen) atoms. The summed E-state index contributed by atoms with van der Waals surface area (Å²) < 4.78 is 5.45. The molecule has 1 aromatic heterocycles. The zero-order valence-corrected chi connectivity index (χ0v) is 10.4. The molecule has 0 bridgehead atoms. The molecule has 3 rings (SSSR count). The third-order valence-electron chi connectivity index (χ3n) is 3.31. The first kappa shape index (κ1) is 12.0. The second-order valence-corrected chi connectivity index (χ2v) is 4.65. The molecular weight excluding hydrogens is 246 g/mol. The van der Waals surface area contributed by atoms with Crippen LogP contribution in [0.25, 0.3) is 11.0 Å². The molecule has 2 aromatic rings. The van der Waals surface area contributed by atoms with Crippen molar-refractivity contribution >= 4 is 16.9 Å². The Bertz CT molecular complexity index is 652. The van der Waals surface area contributed by atoms with Gasteiger partial charge in [0.25, 0.3) is 5.91 Å². The monoisotopic (exact) mass is 261 g/mol. The SMILES string of the molecule is O=C(NCC1CCCO1)c1cccc2[nH]c(=O)[nH]c12. The normalized spacial score (nSPS) is 18.8. The summed E-state index contributed by atoms with van der Waals surface area (Å²) in [6, 6.07) is 5.19. The number of imidazole rings is 1. The molecule has 2 heterocycles. The van der Waals surface area contributed by atoms with E-state index in [9.17, 15) is 9.59 Å². The predicted octanol–water partition coefficient (Wildman–Crippen LogP) is 0.765. The standard InChI is InChI=1S/C13H15N3O3/c17-12(14-7-8-3-2-6-19-8)9-4-1-5-10-11(9)16-13(18)15-10/h1,4-5,8H,2-3,6-7H2,(H,14,17)(H2,15,16,18). The van der Waals surface area contributed by atoms with Gasteiger partial charge in [-0.3, -0.25) is 4.79 Å². The molecule has 1 amide bonds. The van der Waals surface area contributed by atoms with Gasteiger partial charge in [-0.25, -0.2) is 4.79 Å². The quantitative estimate of drug-likeness (QED) is 0.762. The van der Waals surface area contributed by atoms with Crippen molar-refractivity contribution in [1.29, 1.82) is 0 Å². The van der Waals surface area contributed by atoms with E-state index < -0.39 is 0 Å². The summed E-state index contributed by atoms with van der Waals surface area (Å²) in [5.74, 6) is -0.198. The Balaban J connectivity index is 1.78. The fraction of sp³-hybridized carbons (Fsp3) is 0.385. The number of carbonyl (C=O) groups is 1. The average Bonchev–Trinajstić information content (AvgIpc) is 3.02. The van der Waals surface area contributed by atoms with Gasteiger partial charge in [0, 0.05) is 13.2 Å². The number of nitrogens with one attached hydrogen (secondary N) is 3. The Morgan fingerprint density at radius 2 is 2.32 bits per heavy atom. The highest BCUT2D eigenvalue weighted by molar-refractivity contribution is 6.04. The molecule has 1 saturated heterocycles. The Hall–Kier alpha value is -2.08. The van der Waals surface area contributed by atoms with Crippen LogP contribution >= 0.6 is 0 Å². The first-order chi connectivity index (χ1) is 9.24. The van der Waals surface area contributed by atoms with Crippen LogP contribution < -0.4 is 11.0 Å². The summed E-state index contributed by atoms with van der Waals surface area (Å²) in [5.41, 5.74) is 1.33. The number of para-hydroxylation sites is 1. The van der Waals surface area contributed by atoms with Crippen LogP contribution in [-0.2, 0) is 4.74 Å². The van der Waals surface area contributed by atoms with E-state index in [1.165, 1.54) is 0 Å².